The zero-order chi connectivity index (χ0) is 13.8. The molecule has 4 nitrogen and oxygen atoms in total. The molecular formula is C15H25NO3. The highest BCUT2D eigenvalue weighted by Crippen LogP contribution is 2.15. The van der Waals surface area contributed by atoms with Gasteiger partial charge in [0.05, 0.1) is 19.8 Å². The van der Waals surface area contributed by atoms with Gasteiger partial charge in [-0.15, -0.1) is 0 Å². The summed E-state index contributed by atoms with van der Waals surface area (Å²) in [6.45, 7) is 3.75. The molecule has 0 spiro atoms. The van der Waals surface area contributed by atoms with Crippen LogP contribution in [-0.4, -0.2) is 47.2 Å². The second kappa shape index (κ2) is 10.8. The van der Waals surface area contributed by atoms with Gasteiger partial charge in [0.25, 0.3) is 0 Å². The molecule has 0 aliphatic heterocycles. The Hall–Kier alpha value is -1.10. The summed E-state index contributed by atoms with van der Waals surface area (Å²) >= 11 is 0. The number of hydrogen-bond acceptors (Lipinski definition) is 4. The first-order chi connectivity index (χ1) is 9.38. The van der Waals surface area contributed by atoms with Crippen LogP contribution in [0.5, 0.6) is 0 Å². The van der Waals surface area contributed by atoms with Crippen LogP contribution in [0.15, 0.2) is 24.3 Å². The molecule has 1 rings (SSSR count). The van der Waals surface area contributed by atoms with Crippen molar-refractivity contribution < 1.29 is 14.2 Å². The van der Waals surface area contributed by atoms with Gasteiger partial charge in [-0.2, -0.15) is 0 Å². The number of rotatable bonds is 11. The lowest BCUT2D eigenvalue weighted by Crippen LogP contribution is -2.09. The molecule has 0 aliphatic rings. The van der Waals surface area contributed by atoms with Crippen LogP contribution in [-0.2, 0) is 20.6 Å². The first kappa shape index (κ1) is 16.0. The van der Waals surface area contributed by atoms with Crippen molar-refractivity contribution in [3.8, 4) is 0 Å². The van der Waals surface area contributed by atoms with E-state index >= 15 is 0 Å². The zero-order valence-corrected chi connectivity index (χ0v) is 12.0. The maximum Gasteiger partial charge on any atom is 0.0700 e. The highest BCUT2D eigenvalue weighted by molar-refractivity contribution is 5.51. The van der Waals surface area contributed by atoms with Crippen LogP contribution in [0.4, 0.5) is 5.69 Å². The fourth-order valence-electron chi connectivity index (χ4n) is 1.76. The van der Waals surface area contributed by atoms with E-state index in [0.29, 0.717) is 13.2 Å². The number of benzene rings is 1. The van der Waals surface area contributed by atoms with E-state index in [1.165, 1.54) is 11.3 Å². The Bertz CT molecular complexity index is 331. The molecule has 0 fully saturated rings. The minimum atomic E-state index is 0.660. The summed E-state index contributed by atoms with van der Waals surface area (Å²) in [5.41, 5.74) is 2.49. The predicted octanol–water partition coefficient (Wildman–Crippen LogP) is 2.34. The van der Waals surface area contributed by atoms with Gasteiger partial charge in [0.2, 0.25) is 0 Å². The molecule has 19 heavy (non-hydrogen) atoms. The van der Waals surface area contributed by atoms with Gasteiger partial charge in [-0.05, 0) is 24.5 Å². The largest absolute Gasteiger partial charge is 0.385 e. The topological polar surface area (TPSA) is 39.7 Å². The molecule has 1 N–H and O–H groups in total. The SMILES string of the molecule is COCCOCCCNc1ccccc1CCOC. The predicted molar refractivity (Wildman–Crippen MR) is 77.8 cm³/mol. The van der Waals surface area contributed by atoms with Crippen LogP contribution >= 0.6 is 0 Å². The Balaban J connectivity index is 2.21. The number of ether oxygens (including phenoxy) is 3. The molecule has 0 heterocycles. The average Bonchev–Trinajstić information content (AvgIpc) is 2.45. The van der Waals surface area contributed by atoms with E-state index in [9.17, 15) is 0 Å². The molecule has 0 bridgehead atoms. The van der Waals surface area contributed by atoms with Crippen molar-refractivity contribution in [3.05, 3.63) is 29.8 Å². The Kier molecular flexibility index (Phi) is 9.06. The van der Waals surface area contributed by atoms with Gasteiger partial charge in [0, 0.05) is 33.1 Å². The molecule has 1 aromatic carbocycles. The number of methoxy groups -OCH3 is 2. The highest BCUT2D eigenvalue weighted by Gasteiger charge is 2.00. The van der Waals surface area contributed by atoms with Crippen LogP contribution < -0.4 is 5.32 Å². The van der Waals surface area contributed by atoms with Gasteiger partial charge >= 0.3 is 0 Å². The van der Waals surface area contributed by atoms with E-state index in [-0.39, 0.29) is 0 Å². The quantitative estimate of drug-likeness (QED) is 0.625. The van der Waals surface area contributed by atoms with Gasteiger partial charge in [-0.25, -0.2) is 0 Å². The first-order valence-electron chi connectivity index (χ1n) is 6.76. The minimum absolute atomic E-state index is 0.660. The van der Waals surface area contributed by atoms with Gasteiger partial charge < -0.3 is 19.5 Å². The van der Waals surface area contributed by atoms with E-state index in [1.807, 2.05) is 6.07 Å². The third-order valence-electron chi connectivity index (χ3n) is 2.81. The number of anilines is 1. The summed E-state index contributed by atoms with van der Waals surface area (Å²) in [7, 11) is 3.41. The average molecular weight is 267 g/mol. The minimum Gasteiger partial charge on any atom is -0.385 e. The van der Waals surface area contributed by atoms with E-state index in [0.717, 1.165) is 32.6 Å². The number of hydrogen-bond donors (Lipinski definition) is 1. The first-order valence-corrected chi connectivity index (χ1v) is 6.76. The molecule has 0 amide bonds. The Morgan fingerprint density at radius 1 is 0.947 bits per heavy atom. The monoisotopic (exact) mass is 267 g/mol. The normalized spacial score (nSPS) is 10.6. The van der Waals surface area contributed by atoms with Gasteiger partial charge in [0.1, 0.15) is 0 Å². The third kappa shape index (κ3) is 7.15. The highest BCUT2D eigenvalue weighted by atomic mass is 16.5. The van der Waals surface area contributed by atoms with Crippen molar-refractivity contribution in [1.29, 1.82) is 0 Å². The summed E-state index contributed by atoms with van der Waals surface area (Å²) in [6.07, 6.45) is 1.92. The molecule has 0 saturated heterocycles. The smallest absolute Gasteiger partial charge is 0.0700 e. The van der Waals surface area contributed by atoms with Crippen LogP contribution in [0.2, 0.25) is 0 Å². The second-order valence-corrected chi connectivity index (χ2v) is 4.29. The molecule has 0 aromatic heterocycles. The maximum absolute atomic E-state index is 5.42. The Morgan fingerprint density at radius 3 is 2.53 bits per heavy atom. The lowest BCUT2D eigenvalue weighted by molar-refractivity contribution is 0.0705. The van der Waals surface area contributed by atoms with Gasteiger partial charge in [-0.3, -0.25) is 0 Å². The number of nitrogens with one attached hydrogen (secondary N) is 1. The molecule has 0 saturated carbocycles. The van der Waals surface area contributed by atoms with E-state index < -0.39 is 0 Å². The maximum atomic E-state index is 5.42. The second-order valence-electron chi connectivity index (χ2n) is 4.29. The molecule has 0 atom stereocenters. The van der Waals surface area contributed by atoms with Crippen molar-refractivity contribution in [2.24, 2.45) is 0 Å². The molecule has 108 valence electrons. The lowest BCUT2D eigenvalue weighted by atomic mass is 10.1. The summed E-state index contributed by atoms with van der Waals surface area (Å²) in [4.78, 5) is 0. The van der Waals surface area contributed by atoms with Crippen LogP contribution in [0.3, 0.4) is 0 Å². The molecule has 0 radical (unpaired) electrons. The van der Waals surface area contributed by atoms with Gasteiger partial charge in [-0.1, -0.05) is 18.2 Å². The number of para-hydroxylation sites is 1. The lowest BCUT2D eigenvalue weighted by Gasteiger charge is -2.11. The van der Waals surface area contributed by atoms with Crippen molar-refractivity contribution in [1.82, 2.24) is 0 Å². The Labute approximate surface area is 116 Å². The summed E-state index contributed by atoms with van der Waals surface area (Å²) in [6, 6.07) is 8.35. The van der Waals surface area contributed by atoms with E-state index in [4.69, 9.17) is 14.2 Å². The zero-order valence-electron chi connectivity index (χ0n) is 12.0. The third-order valence-corrected chi connectivity index (χ3v) is 2.81. The van der Waals surface area contributed by atoms with E-state index in [1.54, 1.807) is 14.2 Å². The van der Waals surface area contributed by atoms with Crippen molar-refractivity contribution in [3.63, 3.8) is 0 Å². The molecule has 1 aromatic rings. The molecular weight excluding hydrogens is 242 g/mol. The summed E-state index contributed by atoms with van der Waals surface area (Å²) < 4.78 is 15.5. The van der Waals surface area contributed by atoms with E-state index in [2.05, 4.69) is 23.5 Å². The van der Waals surface area contributed by atoms with Crippen molar-refractivity contribution in [2.75, 3.05) is 52.5 Å². The summed E-state index contributed by atoms with van der Waals surface area (Å²) in [5.74, 6) is 0. The molecule has 0 aliphatic carbocycles. The van der Waals surface area contributed by atoms with Crippen LogP contribution in [0, 0.1) is 0 Å². The van der Waals surface area contributed by atoms with Gasteiger partial charge in [0.15, 0.2) is 0 Å². The summed E-state index contributed by atoms with van der Waals surface area (Å²) in [5, 5.41) is 3.45. The van der Waals surface area contributed by atoms with Crippen LogP contribution in [0.25, 0.3) is 0 Å². The van der Waals surface area contributed by atoms with Crippen LogP contribution in [0.1, 0.15) is 12.0 Å². The molecule has 4 heteroatoms. The Morgan fingerprint density at radius 2 is 1.74 bits per heavy atom. The molecule has 0 unspecified atom stereocenters. The fraction of sp³-hybridized carbons (Fsp3) is 0.600. The van der Waals surface area contributed by atoms with Crippen molar-refractivity contribution in [2.45, 2.75) is 12.8 Å². The standard InChI is InChI=1S/C15H25NO3/c1-17-11-8-14-6-3-4-7-15(14)16-9-5-10-19-13-12-18-2/h3-4,6-7,16H,5,8-13H2,1-2H3. The fourth-order valence-corrected chi connectivity index (χ4v) is 1.76. The van der Waals surface area contributed by atoms with Crippen molar-refractivity contribution >= 4 is 5.69 Å².